The topological polar surface area (TPSA) is 90.7 Å². The number of aliphatic hydroxyl groups is 1. The normalized spacial score (nSPS) is 19.1. The molecule has 1 unspecified atom stereocenters. The summed E-state index contributed by atoms with van der Waals surface area (Å²) in [4.78, 5) is 30.6. The van der Waals surface area contributed by atoms with E-state index in [1.54, 1.807) is 24.3 Å². The number of aromatic hydroxyl groups is 1. The van der Waals surface area contributed by atoms with Gasteiger partial charge in [0.2, 0.25) is 0 Å². The zero-order chi connectivity index (χ0) is 18.7. The number of rotatable bonds is 5. The van der Waals surface area contributed by atoms with Crippen LogP contribution in [-0.4, -0.2) is 38.3 Å². The summed E-state index contributed by atoms with van der Waals surface area (Å²) in [6.07, 6.45) is 4.61. The summed E-state index contributed by atoms with van der Waals surface area (Å²) in [5.41, 5.74) is 1.03. The van der Waals surface area contributed by atoms with Gasteiger partial charge in [-0.15, -0.1) is 0 Å². The molecule has 6 nitrogen and oxygen atoms in total. The average molecular weight is 352 g/mol. The maximum Gasteiger partial charge on any atom is 0.295 e. The lowest BCUT2D eigenvalue weighted by Crippen LogP contribution is -2.30. The summed E-state index contributed by atoms with van der Waals surface area (Å²) in [5, 5.41) is 20.6. The number of nitrogens with zero attached hydrogens (tertiary/aromatic N) is 2. The highest BCUT2D eigenvalue weighted by Crippen LogP contribution is 2.40. The number of carbonyl (C=O) groups excluding carboxylic acids is 2. The van der Waals surface area contributed by atoms with Gasteiger partial charge >= 0.3 is 0 Å². The Kier molecular flexibility index (Phi) is 5.02. The van der Waals surface area contributed by atoms with Crippen molar-refractivity contribution in [3.63, 3.8) is 0 Å². The van der Waals surface area contributed by atoms with Crippen molar-refractivity contribution in [3.05, 3.63) is 65.5 Å². The van der Waals surface area contributed by atoms with Crippen LogP contribution in [0.3, 0.4) is 0 Å². The van der Waals surface area contributed by atoms with Crippen molar-refractivity contribution in [2.75, 3.05) is 6.54 Å². The van der Waals surface area contributed by atoms with Gasteiger partial charge < -0.3 is 15.1 Å². The number of carbonyl (C=O) groups is 2. The predicted molar refractivity (Wildman–Crippen MR) is 96.3 cm³/mol. The number of unbranched alkanes of at least 4 members (excludes halogenated alkanes) is 1. The first kappa shape index (κ1) is 17.7. The highest BCUT2D eigenvalue weighted by Gasteiger charge is 2.45. The van der Waals surface area contributed by atoms with E-state index >= 15 is 0 Å². The van der Waals surface area contributed by atoms with Crippen LogP contribution in [0.2, 0.25) is 0 Å². The monoisotopic (exact) mass is 352 g/mol. The van der Waals surface area contributed by atoms with E-state index in [-0.39, 0.29) is 17.1 Å². The van der Waals surface area contributed by atoms with Gasteiger partial charge in [0.05, 0.1) is 11.6 Å². The minimum absolute atomic E-state index is 0.0305. The Morgan fingerprint density at radius 1 is 1.19 bits per heavy atom. The van der Waals surface area contributed by atoms with Crippen LogP contribution in [0.15, 0.2) is 54.4 Å². The molecule has 2 heterocycles. The van der Waals surface area contributed by atoms with Crippen molar-refractivity contribution in [3.8, 4) is 5.75 Å². The third-order valence-corrected chi connectivity index (χ3v) is 4.43. The van der Waals surface area contributed by atoms with Gasteiger partial charge in [0, 0.05) is 24.5 Å². The molecule has 1 saturated heterocycles. The molecule has 26 heavy (non-hydrogen) atoms. The van der Waals surface area contributed by atoms with Crippen LogP contribution in [0, 0.1) is 0 Å². The predicted octanol–water partition coefficient (Wildman–Crippen LogP) is 3.01. The molecule has 0 saturated carbocycles. The van der Waals surface area contributed by atoms with Gasteiger partial charge in [-0.05, 0) is 36.2 Å². The maximum absolute atomic E-state index is 12.7. The molecular formula is C20H20N2O4. The summed E-state index contributed by atoms with van der Waals surface area (Å²) in [6.45, 7) is 2.39. The number of likely N-dealkylation sites (tertiary alicyclic amines) is 1. The third-order valence-electron chi connectivity index (χ3n) is 4.43. The van der Waals surface area contributed by atoms with E-state index in [1.165, 1.54) is 29.4 Å². The average Bonchev–Trinajstić information content (AvgIpc) is 2.91. The van der Waals surface area contributed by atoms with Gasteiger partial charge in [-0.1, -0.05) is 25.5 Å². The molecule has 2 aromatic rings. The van der Waals surface area contributed by atoms with Crippen molar-refractivity contribution in [1.82, 2.24) is 9.88 Å². The fourth-order valence-corrected chi connectivity index (χ4v) is 3.15. The maximum atomic E-state index is 12.7. The van der Waals surface area contributed by atoms with E-state index in [1.807, 2.05) is 6.92 Å². The Morgan fingerprint density at radius 2 is 1.92 bits per heavy atom. The van der Waals surface area contributed by atoms with Crippen molar-refractivity contribution in [1.29, 1.82) is 0 Å². The molecular weight excluding hydrogens is 332 g/mol. The number of amides is 1. The molecule has 134 valence electrons. The van der Waals surface area contributed by atoms with Gasteiger partial charge in [0.25, 0.3) is 11.7 Å². The quantitative estimate of drug-likeness (QED) is 0.490. The molecule has 2 N–H and O–H groups in total. The molecule has 1 atom stereocenters. The fraction of sp³-hybridized carbons (Fsp3) is 0.250. The van der Waals surface area contributed by atoms with Gasteiger partial charge in [-0.2, -0.15) is 0 Å². The Balaban J connectivity index is 2.16. The molecule has 0 bridgehead atoms. The van der Waals surface area contributed by atoms with Crippen LogP contribution in [0.25, 0.3) is 5.76 Å². The minimum Gasteiger partial charge on any atom is -0.508 e. The molecule has 0 radical (unpaired) electrons. The van der Waals surface area contributed by atoms with Gasteiger partial charge in [0.15, 0.2) is 0 Å². The minimum atomic E-state index is -0.734. The molecule has 1 aliphatic heterocycles. The van der Waals surface area contributed by atoms with Gasteiger partial charge in [-0.3, -0.25) is 14.6 Å². The first-order valence-corrected chi connectivity index (χ1v) is 8.52. The molecule has 0 spiro atoms. The lowest BCUT2D eigenvalue weighted by atomic mass is 9.95. The van der Waals surface area contributed by atoms with E-state index in [4.69, 9.17) is 0 Å². The molecule has 1 aliphatic rings. The van der Waals surface area contributed by atoms with Crippen molar-refractivity contribution in [2.24, 2.45) is 0 Å². The summed E-state index contributed by atoms with van der Waals surface area (Å²) < 4.78 is 0. The molecule has 1 fully saturated rings. The molecule has 3 rings (SSSR count). The lowest BCUT2D eigenvalue weighted by Gasteiger charge is -2.25. The smallest absolute Gasteiger partial charge is 0.295 e. The number of Topliss-reactive ketones (excluding diaryl/α,β-unsaturated/α-hetero) is 1. The molecule has 6 heteroatoms. The van der Waals surface area contributed by atoms with Crippen molar-refractivity contribution < 1.29 is 19.8 Å². The Labute approximate surface area is 151 Å². The second-order valence-electron chi connectivity index (χ2n) is 6.18. The van der Waals surface area contributed by atoms with Gasteiger partial charge in [-0.25, -0.2) is 0 Å². The highest BCUT2D eigenvalue weighted by molar-refractivity contribution is 6.46. The molecule has 0 aliphatic carbocycles. The lowest BCUT2D eigenvalue weighted by molar-refractivity contribution is -0.139. The first-order valence-electron chi connectivity index (χ1n) is 8.52. The van der Waals surface area contributed by atoms with E-state index in [0.29, 0.717) is 17.7 Å². The number of hydrogen-bond donors (Lipinski definition) is 2. The van der Waals surface area contributed by atoms with Crippen molar-refractivity contribution >= 4 is 17.4 Å². The third kappa shape index (κ3) is 3.18. The van der Waals surface area contributed by atoms with Crippen LogP contribution < -0.4 is 0 Å². The molecule has 1 amide bonds. The summed E-state index contributed by atoms with van der Waals surface area (Å²) in [5.74, 6) is -1.56. The first-order chi connectivity index (χ1) is 12.5. The van der Waals surface area contributed by atoms with E-state index < -0.39 is 17.7 Å². The van der Waals surface area contributed by atoms with Crippen LogP contribution in [0.4, 0.5) is 0 Å². The fourth-order valence-electron chi connectivity index (χ4n) is 3.15. The Hall–Kier alpha value is -3.15. The summed E-state index contributed by atoms with van der Waals surface area (Å²) in [7, 11) is 0. The Bertz CT molecular complexity index is 861. The number of hydrogen-bond acceptors (Lipinski definition) is 5. The number of phenolic OH excluding ortho intramolecular Hbond substituents is 1. The van der Waals surface area contributed by atoms with Crippen molar-refractivity contribution in [2.45, 2.75) is 25.8 Å². The van der Waals surface area contributed by atoms with Crippen LogP contribution in [0.1, 0.15) is 36.9 Å². The van der Waals surface area contributed by atoms with Crippen LogP contribution in [0.5, 0.6) is 5.75 Å². The van der Waals surface area contributed by atoms with E-state index in [9.17, 15) is 19.8 Å². The molecule has 1 aromatic heterocycles. The van der Waals surface area contributed by atoms with E-state index in [2.05, 4.69) is 4.98 Å². The number of pyridine rings is 1. The number of aromatic nitrogens is 1. The molecule has 1 aromatic carbocycles. The summed E-state index contributed by atoms with van der Waals surface area (Å²) in [6, 6.07) is 8.83. The zero-order valence-electron chi connectivity index (χ0n) is 14.4. The second-order valence-corrected chi connectivity index (χ2v) is 6.18. The standard InChI is InChI=1S/C20H20N2O4/c1-2-3-11-22-17(14-5-4-6-15(23)12-14)16(19(25)20(22)26)18(24)13-7-9-21-10-8-13/h4-10,12,17,23-24H,2-3,11H2,1H3/b18-16-. The number of ketones is 1. The number of phenols is 1. The zero-order valence-corrected chi connectivity index (χ0v) is 14.4. The highest BCUT2D eigenvalue weighted by atomic mass is 16.3. The van der Waals surface area contributed by atoms with Crippen LogP contribution in [-0.2, 0) is 9.59 Å². The largest absolute Gasteiger partial charge is 0.508 e. The number of benzene rings is 1. The Morgan fingerprint density at radius 3 is 2.58 bits per heavy atom. The van der Waals surface area contributed by atoms with E-state index in [0.717, 1.165) is 12.8 Å². The summed E-state index contributed by atoms with van der Waals surface area (Å²) >= 11 is 0. The second kappa shape index (κ2) is 7.39. The van der Waals surface area contributed by atoms with Crippen LogP contribution >= 0.6 is 0 Å². The SMILES string of the molecule is CCCCN1C(=O)C(=O)/C(=C(\O)c2ccncc2)C1c1cccc(O)c1. The van der Waals surface area contributed by atoms with Gasteiger partial charge in [0.1, 0.15) is 11.5 Å². The number of aliphatic hydroxyl groups excluding tert-OH is 1.